The van der Waals surface area contributed by atoms with Crippen molar-refractivity contribution in [3.05, 3.63) is 93.8 Å². The molecule has 1 spiro atoms. The van der Waals surface area contributed by atoms with Crippen LogP contribution in [0, 0.1) is 17.8 Å². The molecule has 2 amide bonds. The Hall–Kier alpha value is -3.64. The van der Waals surface area contributed by atoms with Crippen LogP contribution in [0.15, 0.2) is 65.2 Å². The third-order valence-corrected chi connectivity index (χ3v) is 15.9. The number of allylic oxidation sites excluding steroid dienone is 1. The van der Waals surface area contributed by atoms with Crippen LogP contribution in [0.25, 0.3) is 0 Å². The second-order valence-corrected chi connectivity index (χ2v) is 19.7. The minimum Gasteiger partial charge on any atom is -0.490 e. The third kappa shape index (κ3) is 7.26. The van der Waals surface area contributed by atoms with Gasteiger partial charge in [0.1, 0.15) is 15.7 Å². The van der Waals surface area contributed by atoms with Gasteiger partial charge in [-0.05, 0) is 124 Å². The van der Waals surface area contributed by atoms with Crippen molar-refractivity contribution in [2.45, 2.75) is 108 Å². The molecular formula is C43H53ClN4O6S. The summed E-state index contributed by atoms with van der Waals surface area (Å²) in [5.41, 5.74) is 4.10. The molecule has 8 atom stereocenters. The summed E-state index contributed by atoms with van der Waals surface area (Å²) in [6.45, 7) is 10.6. The Bertz CT molecular complexity index is 2160. The molecule has 2 aliphatic carbocycles. The molecule has 294 valence electrons. The Kier molecular flexibility index (Phi) is 10.2. The number of hydrogen-bond donors (Lipinski definition) is 2. The van der Waals surface area contributed by atoms with Crippen LogP contribution < -0.4 is 14.4 Å². The summed E-state index contributed by atoms with van der Waals surface area (Å²) in [6, 6.07) is 13.2. The second kappa shape index (κ2) is 14.7. The quantitative estimate of drug-likeness (QED) is 0.262. The predicted octanol–water partition coefficient (Wildman–Crippen LogP) is 7.64. The Morgan fingerprint density at radius 1 is 1.15 bits per heavy atom. The Labute approximate surface area is 329 Å². The van der Waals surface area contributed by atoms with Crippen molar-refractivity contribution in [2.75, 3.05) is 24.6 Å². The van der Waals surface area contributed by atoms with Crippen LogP contribution in [0.4, 0.5) is 5.69 Å². The molecule has 8 rings (SSSR count). The van der Waals surface area contributed by atoms with Gasteiger partial charge in [0.05, 0.1) is 48.0 Å². The smallest absolute Gasteiger partial charge is 0.286 e. The van der Waals surface area contributed by atoms with Gasteiger partial charge in [0.25, 0.3) is 11.8 Å². The lowest BCUT2D eigenvalue weighted by Gasteiger charge is -2.45. The molecule has 2 N–H and O–H groups in total. The highest BCUT2D eigenvalue weighted by Gasteiger charge is 2.44. The van der Waals surface area contributed by atoms with Crippen LogP contribution in [-0.4, -0.2) is 62.3 Å². The summed E-state index contributed by atoms with van der Waals surface area (Å²) < 4.78 is 36.9. The number of aromatic nitrogens is 1. The zero-order valence-corrected chi connectivity index (χ0v) is 33.8. The fourth-order valence-corrected chi connectivity index (χ4v) is 11.3. The van der Waals surface area contributed by atoms with Gasteiger partial charge in [-0.1, -0.05) is 43.7 Å². The maximum absolute atomic E-state index is 15.0. The lowest BCUT2D eigenvalue weighted by Crippen LogP contribution is -2.49. The van der Waals surface area contributed by atoms with E-state index in [0.717, 1.165) is 54.9 Å². The number of carbonyl (C=O) groups excluding carboxylic acids is 2. The molecule has 5 aliphatic rings. The number of carbonyl (C=O) groups is 2. The standard InChI is InChI=1S/C43H53ClN4O6S/c1-5-42(4)24-47-22-32(19-34(47)23-54-42)41(51)46-55(52)28(3)27(2)8-6-10-38(49)35-14-11-31(35)21-48-25-43(17-7-9-29-18-33(44)13-15-36(29)43)26-53-39-16-12-30(20-37(39)48)40(50)45-55/h6,10,12-13,15-16,18-20,22,27-28,31,35,38,49H,5,7-9,11,14,17,21,23-26H2,1-4H3,(H,45,46,50,51,52)/b10-6+/t27-,28+,31-,35+,38-,42?,43-,55?/m0/s1. The van der Waals surface area contributed by atoms with Gasteiger partial charge in [0.2, 0.25) is 0 Å². The Morgan fingerprint density at radius 3 is 2.76 bits per heavy atom. The molecule has 10 nitrogen and oxygen atoms in total. The summed E-state index contributed by atoms with van der Waals surface area (Å²) in [6.07, 6.45) is 11.1. The van der Waals surface area contributed by atoms with E-state index in [2.05, 4.69) is 33.0 Å². The maximum Gasteiger partial charge on any atom is 0.286 e. The molecule has 2 unspecified atom stereocenters. The molecule has 1 aromatic heterocycles. The SMILES string of the molecule is CCC1(C)Cn2cc(C(=O)NS3(=O)=NC(=O)c4ccc5c(c4)N(C[C@@H]4CC[C@H]4[C@@H](O)/C=C/C[C@H](C)[C@H]3C)C[C@@]3(CCCc4cc(Cl)ccc43)CO5)cc2CO1. The molecule has 3 aliphatic heterocycles. The largest absolute Gasteiger partial charge is 0.490 e. The molecular weight excluding hydrogens is 736 g/mol. The number of benzene rings is 2. The summed E-state index contributed by atoms with van der Waals surface area (Å²) in [7, 11) is -3.66. The highest BCUT2D eigenvalue weighted by molar-refractivity contribution is 7.93. The molecule has 0 saturated heterocycles. The topological polar surface area (TPSA) is 122 Å². The van der Waals surface area contributed by atoms with Gasteiger partial charge in [0.15, 0.2) is 0 Å². The van der Waals surface area contributed by atoms with Gasteiger partial charge >= 0.3 is 0 Å². The number of fused-ring (bicyclic) bond motifs is 5. The molecule has 1 saturated carbocycles. The van der Waals surface area contributed by atoms with Crippen molar-refractivity contribution in [1.82, 2.24) is 9.29 Å². The van der Waals surface area contributed by atoms with E-state index < -0.39 is 33.1 Å². The first-order chi connectivity index (χ1) is 26.3. The lowest BCUT2D eigenvalue weighted by atomic mass is 9.68. The van der Waals surface area contributed by atoms with E-state index in [-0.39, 0.29) is 34.3 Å². The highest BCUT2D eigenvalue weighted by Crippen LogP contribution is 2.47. The average molecular weight is 789 g/mol. The molecule has 1 fully saturated rings. The monoisotopic (exact) mass is 788 g/mol. The van der Waals surface area contributed by atoms with E-state index in [1.54, 1.807) is 25.3 Å². The first kappa shape index (κ1) is 38.2. The third-order valence-electron chi connectivity index (χ3n) is 13.3. The van der Waals surface area contributed by atoms with Crippen molar-refractivity contribution in [3.63, 3.8) is 0 Å². The van der Waals surface area contributed by atoms with Crippen LogP contribution in [-0.2, 0) is 39.6 Å². The zero-order chi connectivity index (χ0) is 38.7. The van der Waals surface area contributed by atoms with E-state index in [9.17, 15) is 14.7 Å². The van der Waals surface area contributed by atoms with Crippen molar-refractivity contribution in [3.8, 4) is 5.75 Å². The predicted molar refractivity (Wildman–Crippen MR) is 215 cm³/mol. The van der Waals surface area contributed by atoms with E-state index >= 15 is 4.21 Å². The van der Waals surface area contributed by atoms with Crippen molar-refractivity contribution in [2.24, 2.45) is 22.1 Å². The molecule has 55 heavy (non-hydrogen) atoms. The van der Waals surface area contributed by atoms with E-state index in [4.69, 9.17) is 21.1 Å². The van der Waals surface area contributed by atoms with Gasteiger partial charge < -0.3 is 24.0 Å². The van der Waals surface area contributed by atoms with Gasteiger partial charge in [-0.25, -0.2) is 4.21 Å². The number of nitrogens with zero attached hydrogens (tertiary/aromatic N) is 3. The van der Waals surface area contributed by atoms with Crippen LogP contribution in [0.2, 0.25) is 5.02 Å². The van der Waals surface area contributed by atoms with Crippen molar-refractivity contribution >= 4 is 39.0 Å². The van der Waals surface area contributed by atoms with Crippen LogP contribution in [0.3, 0.4) is 0 Å². The normalized spacial score (nSPS) is 33.8. The van der Waals surface area contributed by atoms with E-state index in [1.165, 1.54) is 11.1 Å². The number of ether oxygens (including phenoxy) is 2. The van der Waals surface area contributed by atoms with Crippen LogP contribution in [0.1, 0.15) is 104 Å². The van der Waals surface area contributed by atoms with E-state index in [0.29, 0.717) is 50.6 Å². The maximum atomic E-state index is 15.0. The minimum atomic E-state index is -3.66. The van der Waals surface area contributed by atoms with Gasteiger partial charge in [0, 0.05) is 41.0 Å². The number of hydrogen-bond acceptors (Lipinski definition) is 7. The lowest BCUT2D eigenvalue weighted by molar-refractivity contribution is -0.0780. The molecule has 4 heterocycles. The fourth-order valence-electron chi connectivity index (χ4n) is 9.26. The number of nitrogens with one attached hydrogen (secondary N) is 1. The molecule has 0 radical (unpaired) electrons. The molecule has 12 heteroatoms. The first-order valence-electron chi connectivity index (χ1n) is 19.9. The summed E-state index contributed by atoms with van der Waals surface area (Å²) in [4.78, 5) is 30.5. The number of aliphatic hydroxyl groups excluding tert-OH is 1. The second-order valence-electron chi connectivity index (χ2n) is 17.0. The first-order valence-corrected chi connectivity index (χ1v) is 21.9. The Morgan fingerprint density at radius 2 is 1.98 bits per heavy atom. The number of rotatable bonds is 3. The van der Waals surface area contributed by atoms with Gasteiger partial charge in [-0.2, -0.15) is 0 Å². The summed E-state index contributed by atoms with van der Waals surface area (Å²) in [5.74, 6) is -0.442. The van der Waals surface area contributed by atoms with Gasteiger partial charge in [-0.3, -0.25) is 14.3 Å². The average Bonchev–Trinajstić information content (AvgIpc) is 3.50. The molecule has 2 aromatic carbocycles. The van der Waals surface area contributed by atoms with Crippen LogP contribution in [0.5, 0.6) is 5.75 Å². The molecule has 3 aromatic rings. The van der Waals surface area contributed by atoms with Crippen molar-refractivity contribution in [1.29, 1.82) is 0 Å². The summed E-state index contributed by atoms with van der Waals surface area (Å²) in [5, 5.41) is 11.5. The Balaban J connectivity index is 1.18. The number of anilines is 1. The van der Waals surface area contributed by atoms with E-state index in [1.807, 2.05) is 48.8 Å². The van der Waals surface area contributed by atoms with Crippen LogP contribution >= 0.6 is 11.6 Å². The fraction of sp³-hybridized carbons (Fsp3) is 0.535. The van der Waals surface area contributed by atoms with Crippen molar-refractivity contribution < 1.29 is 28.4 Å². The summed E-state index contributed by atoms with van der Waals surface area (Å²) >= 11 is 6.46. The zero-order valence-electron chi connectivity index (χ0n) is 32.3. The highest BCUT2D eigenvalue weighted by atomic mass is 35.5. The van der Waals surface area contributed by atoms with Gasteiger partial charge in [-0.15, -0.1) is 4.36 Å². The number of halogens is 1. The molecule has 2 bridgehead atoms. The number of aryl methyl sites for hydroxylation is 1. The number of amides is 2. The number of aliphatic hydroxyl groups is 1. The minimum absolute atomic E-state index is 0.0927.